The van der Waals surface area contributed by atoms with E-state index in [4.69, 9.17) is 0 Å². The summed E-state index contributed by atoms with van der Waals surface area (Å²) in [4.78, 5) is 11.3. The highest BCUT2D eigenvalue weighted by molar-refractivity contribution is 9.10. The van der Waals surface area contributed by atoms with E-state index in [1.54, 1.807) is 6.92 Å². The van der Waals surface area contributed by atoms with Crippen LogP contribution in [-0.4, -0.2) is 20.8 Å². The van der Waals surface area contributed by atoms with Gasteiger partial charge in [0.05, 0.1) is 5.69 Å². The van der Waals surface area contributed by atoms with E-state index >= 15 is 0 Å². The minimum Gasteiger partial charge on any atom is -0.293 e. The van der Waals surface area contributed by atoms with Crippen molar-refractivity contribution in [3.63, 3.8) is 0 Å². The molecule has 0 amide bonds. The van der Waals surface area contributed by atoms with E-state index in [1.807, 2.05) is 0 Å². The lowest BCUT2D eigenvalue weighted by molar-refractivity contribution is 0.101. The Hall–Kier alpha value is -1.63. The summed E-state index contributed by atoms with van der Waals surface area (Å²) in [6.45, 7) is 2.93. The molecule has 1 aromatic heterocycles. The number of hydrogen-bond acceptors (Lipinski definition) is 3. The van der Waals surface area contributed by atoms with Gasteiger partial charge in [0.15, 0.2) is 17.3 Å². The largest absolute Gasteiger partial charge is 0.293 e. The number of benzene rings is 1. The molecule has 2 aromatic rings. The number of halogens is 3. The number of ketones is 1. The van der Waals surface area contributed by atoms with Gasteiger partial charge in [-0.25, -0.2) is 13.5 Å². The van der Waals surface area contributed by atoms with Crippen molar-refractivity contribution >= 4 is 21.7 Å². The van der Waals surface area contributed by atoms with Crippen molar-refractivity contribution in [1.29, 1.82) is 0 Å². The van der Waals surface area contributed by atoms with Gasteiger partial charge >= 0.3 is 0 Å². The fourth-order valence-corrected chi connectivity index (χ4v) is 2.18. The van der Waals surface area contributed by atoms with Gasteiger partial charge in [-0.05, 0) is 28.9 Å². The van der Waals surface area contributed by atoms with E-state index in [0.29, 0.717) is 5.69 Å². The summed E-state index contributed by atoms with van der Waals surface area (Å²) in [5, 5.41) is 7.39. The average Bonchev–Trinajstić information content (AvgIpc) is 2.59. The fourth-order valence-electron chi connectivity index (χ4n) is 1.60. The Morgan fingerprint density at radius 3 is 2.56 bits per heavy atom. The summed E-state index contributed by atoms with van der Waals surface area (Å²) < 4.78 is 28.1. The summed E-state index contributed by atoms with van der Waals surface area (Å²) >= 11 is 3.06. The van der Waals surface area contributed by atoms with E-state index in [0.717, 1.165) is 16.8 Å². The molecule has 2 rings (SSSR count). The van der Waals surface area contributed by atoms with E-state index in [1.165, 1.54) is 6.92 Å². The Kier molecular flexibility index (Phi) is 3.25. The number of aromatic nitrogens is 3. The lowest BCUT2D eigenvalue weighted by Gasteiger charge is -2.07. The minimum atomic E-state index is -0.787. The molecule has 0 fully saturated rings. The monoisotopic (exact) mass is 315 g/mol. The van der Waals surface area contributed by atoms with E-state index in [-0.39, 0.29) is 21.6 Å². The van der Waals surface area contributed by atoms with Gasteiger partial charge in [0.2, 0.25) is 0 Å². The maximum absolute atomic E-state index is 13.7. The Morgan fingerprint density at radius 1 is 1.39 bits per heavy atom. The van der Waals surface area contributed by atoms with Gasteiger partial charge in [-0.3, -0.25) is 4.79 Å². The molecule has 0 N–H and O–H groups in total. The molecule has 0 aliphatic carbocycles. The topological polar surface area (TPSA) is 47.8 Å². The van der Waals surface area contributed by atoms with Gasteiger partial charge < -0.3 is 0 Å². The van der Waals surface area contributed by atoms with Gasteiger partial charge in [-0.1, -0.05) is 5.21 Å². The van der Waals surface area contributed by atoms with E-state index in [9.17, 15) is 13.6 Å². The summed E-state index contributed by atoms with van der Waals surface area (Å²) in [5.41, 5.74) is 0.577. The third-order valence-corrected chi connectivity index (χ3v) is 3.03. The summed E-state index contributed by atoms with van der Waals surface area (Å²) in [7, 11) is 0. The lowest BCUT2D eigenvalue weighted by Crippen LogP contribution is -2.05. The molecule has 0 spiro atoms. The van der Waals surface area contributed by atoms with Crippen molar-refractivity contribution in [3.05, 3.63) is 39.6 Å². The van der Waals surface area contributed by atoms with Crippen LogP contribution in [0, 0.1) is 18.6 Å². The van der Waals surface area contributed by atoms with Crippen LogP contribution < -0.4 is 0 Å². The molecule has 0 aliphatic heterocycles. The quantitative estimate of drug-likeness (QED) is 0.801. The Morgan fingerprint density at radius 2 is 2.06 bits per heavy atom. The molecule has 1 aromatic carbocycles. The highest BCUT2D eigenvalue weighted by Gasteiger charge is 2.19. The maximum Gasteiger partial charge on any atom is 0.181 e. The smallest absolute Gasteiger partial charge is 0.181 e. The van der Waals surface area contributed by atoms with Crippen molar-refractivity contribution < 1.29 is 13.6 Å². The van der Waals surface area contributed by atoms with Crippen molar-refractivity contribution in [1.82, 2.24) is 15.0 Å². The molecule has 4 nitrogen and oxygen atoms in total. The normalized spacial score (nSPS) is 10.7. The zero-order chi connectivity index (χ0) is 13.4. The van der Waals surface area contributed by atoms with Crippen LogP contribution in [0.1, 0.15) is 23.1 Å². The van der Waals surface area contributed by atoms with Crippen molar-refractivity contribution in [3.8, 4) is 5.69 Å². The van der Waals surface area contributed by atoms with Gasteiger partial charge in [-0.2, -0.15) is 0 Å². The van der Waals surface area contributed by atoms with Crippen LogP contribution in [0.25, 0.3) is 5.69 Å². The number of Topliss-reactive ketones (excluding diaryl/α,β-unsaturated/α-hetero) is 1. The predicted molar refractivity (Wildman–Crippen MR) is 63.7 cm³/mol. The second-order valence-corrected chi connectivity index (χ2v) is 4.56. The molecule has 7 heteroatoms. The lowest BCUT2D eigenvalue weighted by atomic mass is 10.2. The van der Waals surface area contributed by atoms with Gasteiger partial charge in [0.1, 0.15) is 11.5 Å². The Balaban J connectivity index is 2.67. The molecule has 0 bridgehead atoms. The van der Waals surface area contributed by atoms with Crippen LogP contribution in [-0.2, 0) is 0 Å². The molecule has 0 radical (unpaired) electrons. The first-order valence-corrected chi connectivity index (χ1v) is 5.79. The molecule has 0 atom stereocenters. The van der Waals surface area contributed by atoms with Gasteiger partial charge in [0.25, 0.3) is 0 Å². The molecule has 0 saturated carbocycles. The van der Waals surface area contributed by atoms with Crippen LogP contribution in [0.5, 0.6) is 0 Å². The van der Waals surface area contributed by atoms with Gasteiger partial charge in [-0.15, -0.1) is 5.10 Å². The second kappa shape index (κ2) is 4.56. The van der Waals surface area contributed by atoms with E-state index < -0.39 is 11.6 Å². The fraction of sp³-hybridized carbons (Fsp3) is 0.182. The van der Waals surface area contributed by atoms with Crippen LogP contribution in [0.3, 0.4) is 0 Å². The number of carbonyl (C=O) groups is 1. The minimum absolute atomic E-state index is 0.0221. The Labute approximate surface area is 110 Å². The van der Waals surface area contributed by atoms with Crippen molar-refractivity contribution in [2.75, 3.05) is 0 Å². The summed E-state index contributed by atoms with van der Waals surface area (Å²) in [6, 6.07) is 1.86. The molecule has 0 saturated heterocycles. The number of rotatable bonds is 2. The summed E-state index contributed by atoms with van der Waals surface area (Å²) in [6.07, 6.45) is 0. The van der Waals surface area contributed by atoms with Crippen LogP contribution >= 0.6 is 15.9 Å². The van der Waals surface area contributed by atoms with Crippen molar-refractivity contribution in [2.24, 2.45) is 0 Å². The standard InChI is InChI=1S/C11H8BrF2N3O/c1-5-10(6(2)18)15-16-17(5)11-8(12)3-7(13)4-9(11)14/h3-4H,1-2H3. The molecular weight excluding hydrogens is 308 g/mol. The maximum atomic E-state index is 13.7. The molecular formula is C11H8BrF2N3O. The average molecular weight is 316 g/mol. The SMILES string of the molecule is CC(=O)c1nnn(-c2c(F)cc(F)cc2Br)c1C. The highest BCUT2D eigenvalue weighted by Crippen LogP contribution is 2.26. The van der Waals surface area contributed by atoms with E-state index in [2.05, 4.69) is 26.2 Å². The van der Waals surface area contributed by atoms with Crippen LogP contribution in [0.4, 0.5) is 8.78 Å². The number of nitrogens with zero attached hydrogens (tertiary/aromatic N) is 3. The summed E-state index contributed by atoms with van der Waals surface area (Å²) in [5.74, 6) is -1.75. The first-order valence-electron chi connectivity index (χ1n) is 5.00. The molecule has 18 heavy (non-hydrogen) atoms. The van der Waals surface area contributed by atoms with Gasteiger partial charge in [0, 0.05) is 17.5 Å². The third-order valence-electron chi connectivity index (χ3n) is 2.42. The molecule has 1 heterocycles. The molecule has 0 aliphatic rings. The molecule has 94 valence electrons. The molecule has 0 unspecified atom stereocenters. The second-order valence-electron chi connectivity index (χ2n) is 3.71. The third kappa shape index (κ3) is 2.05. The first-order chi connectivity index (χ1) is 8.41. The zero-order valence-corrected chi connectivity index (χ0v) is 11.1. The number of carbonyl (C=O) groups excluding carboxylic acids is 1. The number of hydrogen-bond donors (Lipinski definition) is 0. The highest BCUT2D eigenvalue weighted by atomic mass is 79.9. The van der Waals surface area contributed by atoms with Crippen LogP contribution in [0.2, 0.25) is 0 Å². The predicted octanol–water partition coefficient (Wildman–Crippen LogP) is 2.82. The first kappa shape index (κ1) is 12.8. The van der Waals surface area contributed by atoms with Crippen LogP contribution in [0.15, 0.2) is 16.6 Å². The van der Waals surface area contributed by atoms with Crippen molar-refractivity contribution in [2.45, 2.75) is 13.8 Å². The zero-order valence-electron chi connectivity index (χ0n) is 9.54. The Bertz CT molecular complexity index is 616.